The highest BCUT2D eigenvalue weighted by Crippen LogP contribution is 2.53. The van der Waals surface area contributed by atoms with Crippen LogP contribution in [0, 0.1) is 29.6 Å². The lowest BCUT2D eigenvalue weighted by Gasteiger charge is -2.31. The van der Waals surface area contributed by atoms with E-state index in [1.54, 1.807) is 13.8 Å². The summed E-state index contributed by atoms with van der Waals surface area (Å²) < 4.78 is 0. The molecule has 0 radical (unpaired) electrons. The van der Waals surface area contributed by atoms with Crippen LogP contribution in [-0.4, -0.2) is 28.7 Å². The molecule has 3 aliphatic rings. The van der Waals surface area contributed by atoms with Crippen molar-refractivity contribution in [2.45, 2.75) is 26.3 Å². The lowest BCUT2D eigenvalue weighted by atomic mass is 9.85. The van der Waals surface area contributed by atoms with Gasteiger partial charge in [0.2, 0.25) is 11.8 Å². The first-order chi connectivity index (χ1) is 8.93. The molecular formula is C14H16NO4-. The van der Waals surface area contributed by atoms with E-state index in [9.17, 15) is 19.5 Å². The zero-order chi connectivity index (χ0) is 13.9. The van der Waals surface area contributed by atoms with Gasteiger partial charge in [-0.25, -0.2) is 0 Å². The van der Waals surface area contributed by atoms with Crippen molar-refractivity contribution in [2.24, 2.45) is 29.6 Å². The molecule has 3 rings (SSSR count). The number of carboxylic acids is 1. The molecule has 5 heteroatoms. The Balaban J connectivity index is 1.96. The predicted octanol–water partition coefficient (Wildman–Crippen LogP) is -0.432. The van der Waals surface area contributed by atoms with Gasteiger partial charge in [0, 0.05) is 0 Å². The maximum atomic E-state index is 12.4. The summed E-state index contributed by atoms with van der Waals surface area (Å²) in [4.78, 5) is 37.0. The van der Waals surface area contributed by atoms with Crippen molar-refractivity contribution < 1.29 is 19.5 Å². The van der Waals surface area contributed by atoms with E-state index in [1.165, 1.54) is 0 Å². The summed E-state index contributed by atoms with van der Waals surface area (Å²) in [6, 6.07) is -1.15. The summed E-state index contributed by atoms with van der Waals surface area (Å²) in [5.41, 5.74) is 0. The number of allylic oxidation sites excluding steroid dienone is 2. The van der Waals surface area contributed by atoms with Crippen molar-refractivity contribution in [2.75, 3.05) is 0 Å². The van der Waals surface area contributed by atoms with Crippen LogP contribution in [0.1, 0.15) is 20.3 Å². The number of hydrogen-bond donors (Lipinski definition) is 0. The van der Waals surface area contributed by atoms with Gasteiger partial charge >= 0.3 is 0 Å². The van der Waals surface area contributed by atoms with Gasteiger partial charge in [-0.2, -0.15) is 0 Å². The Morgan fingerprint density at radius 2 is 1.68 bits per heavy atom. The number of aliphatic carboxylic acids is 1. The Morgan fingerprint density at radius 3 is 2.05 bits per heavy atom. The van der Waals surface area contributed by atoms with Crippen LogP contribution in [0.5, 0.6) is 0 Å². The maximum absolute atomic E-state index is 12.4. The summed E-state index contributed by atoms with van der Waals surface area (Å²) >= 11 is 0. The van der Waals surface area contributed by atoms with E-state index < -0.39 is 12.0 Å². The van der Waals surface area contributed by atoms with Crippen LogP contribution in [-0.2, 0) is 14.4 Å². The van der Waals surface area contributed by atoms with E-state index in [-0.39, 0.29) is 41.4 Å². The van der Waals surface area contributed by atoms with Crippen molar-refractivity contribution >= 4 is 17.8 Å². The molecule has 2 aliphatic carbocycles. The fourth-order valence-corrected chi connectivity index (χ4v) is 3.88. The molecule has 19 heavy (non-hydrogen) atoms. The maximum Gasteiger partial charge on any atom is 0.234 e. The van der Waals surface area contributed by atoms with Gasteiger partial charge in [0.05, 0.1) is 23.8 Å². The quantitative estimate of drug-likeness (QED) is 0.510. The normalized spacial score (nSPS) is 37.3. The number of hydrogen-bond acceptors (Lipinski definition) is 4. The molecule has 0 aromatic carbocycles. The fraction of sp³-hybridized carbons (Fsp3) is 0.643. The third-order valence-corrected chi connectivity index (χ3v) is 4.66. The highest BCUT2D eigenvalue weighted by Gasteiger charge is 2.60. The first-order valence-electron chi connectivity index (χ1n) is 6.69. The first-order valence-corrected chi connectivity index (χ1v) is 6.69. The van der Waals surface area contributed by atoms with Gasteiger partial charge in [-0.1, -0.05) is 26.0 Å². The topological polar surface area (TPSA) is 77.5 Å². The molecule has 5 atom stereocenters. The molecule has 0 N–H and O–H groups in total. The number of fused-ring (bicyclic) bond motifs is 5. The Hall–Kier alpha value is -1.65. The molecule has 1 saturated carbocycles. The van der Waals surface area contributed by atoms with E-state index >= 15 is 0 Å². The summed E-state index contributed by atoms with van der Waals surface area (Å²) in [5, 5.41) is 11.2. The molecule has 2 bridgehead atoms. The minimum atomic E-state index is -1.35. The summed E-state index contributed by atoms with van der Waals surface area (Å²) in [6.07, 6.45) is 4.83. The monoisotopic (exact) mass is 262 g/mol. The van der Waals surface area contributed by atoms with Gasteiger partial charge in [0.1, 0.15) is 0 Å². The molecule has 1 heterocycles. The van der Waals surface area contributed by atoms with Crippen LogP contribution in [0.2, 0.25) is 0 Å². The molecule has 2 amide bonds. The second-order valence-electron chi connectivity index (χ2n) is 6.05. The van der Waals surface area contributed by atoms with Gasteiger partial charge in [-0.15, -0.1) is 0 Å². The highest BCUT2D eigenvalue weighted by atomic mass is 16.4. The summed E-state index contributed by atoms with van der Waals surface area (Å²) in [6.45, 7) is 3.37. The van der Waals surface area contributed by atoms with Gasteiger partial charge in [0.15, 0.2) is 0 Å². The standard InChI is InChI=1S/C14H17NO4/c1-6(2)11(14(18)19)15-12(16)9-7-3-4-8(5-7)10(9)13(15)17/h3-4,6-11H,5H2,1-2H3,(H,18,19)/p-1/t7-,8+,9-,10-,11-/m0/s1. The van der Waals surface area contributed by atoms with E-state index in [4.69, 9.17) is 0 Å². The Labute approximate surface area is 111 Å². The van der Waals surface area contributed by atoms with Crippen LogP contribution in [0.25, 0.3) is 0 Å². The number of nitrogens with zero attached hydrogens (tertiary/aromatic N) is 1. The van der Waals surface area contributed by atoms with Crippen LogP contribution in [0.3, 0.4) is 0 Å². The van der Waals surface area contributed by atoms with E-state index in [1.807, 2.05) is 12.2 Å². The third kappa shape index (κ3) is 1.50. The molecule has 0 spiro atoms. The minimum Gasteiger partial charge on any atom is -0.548 e. The number of imide groups is 1. The van der Waals surface area contributed by atoms with Gasteiger partial charge in [-0.05, 0) is 24.2 Å². The minimum absolute atomic E-state index is 0.103. The number of amides is 2. The molecule has 5 nitrogen and oxygen atoms in total. The Kier molecular flexibility index (Phi) is 2.56. The van der Waals surface area contributed by atoms with Crippen LogP contribution in [0.4, 0.5) is 0 Å². The first kappa shape index (κ1) is 12.4. The molecular weight excluding hydrogens is 246 g/mol. The largest absolute Gasteiger partial charge is 0.548 e. The lowest BCUT2D eigenvalue weighted by molar-refractivity contribution is -0.312. The zero-order valence-corrected chi connectivity index (χ0v) is 10.9. The van der Waals surface area contributed by atoms with Gasteiger partial charge in [0.25, 0.3) is 0 Å². The second-order valence-corrected chi connectivity index (χ2v) is 6.05. The van der Waals surface area contributed by atoms with Crippen molar-refractivity contribution in [1.82, 2.24) is 4.90 Å². The molecule has 0 unspecified atom stereocenters. The van der Waals surface area contributed by atoms with Crippen molar-refractivity contribution in [1.29, 1.82) is 0 Å². The SMILES string of the molecule is CC(C)[C@@H](C(=O)[O-])N1C(=O)[C@@H]2[C@@H](C1=O)[C@H]1C=C[C@@H]2C1. The molecule has 1 saturated heterocycles. The van der Waals surface area contributed by atoms with E-state index in [2.05, 4.69) is 0 Å². The number of likely N-dealkylation sites (tertiary alicyclic amines) is 1. The summed E-state index contributed by atoms with van der Waals surface area (Å²) in [5.74, 6) is -2.83. The zero-order valence-electron chi connectivity index (χ0n) is 10.9. The fourth-order valence-electron chi connectivity index (χ4n) is 3.88. The van der Waals surface area contributed by atoms with Crippen LogP contribution < -0.4 is 5.11 Å². The average molecular weight is 262 g/mol. The lowest BCUT2D eigenvalue weighted by Crippen LogP contribution is -2.54. The molecule has 0 aromatic rings. The number of carboxylic acid groups (broad SMARTS) is 1. The van der Waals surface area contributed by atoms with Crippen molar-refractivity contribution in [3.8, 4) is 0 Å². The second kappa shape index (κ2) is 3.92. The molecule has 102 valence electrons. The van der Waals surface area contributed by atoms with Crippen LogP contribution in [0.15, 0.2) is 12.2 Å². The Bertz CT molecular complexity index is 466. The third-order valence-electron chi connectivity index (χ3n) is 4.66. The Morgan fingerprint density at radius 1 is 1.21 bits per heavy atom. The number of carbonyl (C=O) groups excluding carboxylic acids is 3. The predicted molar refractivity (Wildman–Crippen MR) is 63.2 cm³/mol. The van der Waals surface area contributed by atoms with E-state index in [0.29, 0.717) is 0 Å². The van der Waals surface area contributed by atoms with Gasteiger partial charge < -0.3 is 9.90 Å². The van der Waals surface area contributed by atoms with Crippen molar-refractivity contribution in [3.05, 3.63) is 12.2 Å². The number of carbonyl (C=O) groups is 3. The molecule has 2 fully saturated rings. The smallest absolute Gasteiger partial charge is 0.234 e. The molecule has 1 aliphatic heterocycles. The molecule has 0 aromatic heterocycles. The number of rotatable bonds is 3. The van der Waals surface area contributed by atoms with E-state index in [0.717, 1.165) is 11.3 Å². The van der Waals surface area contributed by atoms with Crippen LogP contribution >= 0.6 is 0 Å². The summed E-state index contributed by atoms with van der Waals surface area (Å²) in [7, 11) is 0. The van der Waals surface area contributed by atoms with Gasteiger partial charge in [-0.3, -0.25) is 14.5 Å². The highest BCUT2D eigenvalue weighted by molar-refractivity contribution is 6.08. The average Bonchev–Trinajstić information content (AvgIpc) is 2.97. The van der Waals surface area contributed by atoms with Crippen molar-refractivity contribution in [3.63, 3.8) is 0 Å².